The van der Waals surface area contributed by atoms with Gasteiger partial charge in [0.15, 0.2) is 11.5 Å². The molecule has 0 radical (unpaired) electrons. The number of rotatable bonds is 6. The number of nitrogens with zero attached hydrogens (tertiary/aromatic N) is 2. The molecule has 1 aromatic heterocycles. The van der Waals surface area contributed by atoms with Gasteiger partial charge in [0.05, 0.1) is 23.7 Å². The smallest absolute Gasteiger partial charge is 0.416 e. The molecule has 33 heavy (non-hydrogen) atoms. The van der Waals surface area contributed by atoms with Gasteiger partial charge in [0.1, 0.15) is 5.75 Å². The molecule has 3 aromatic carbocycles. The largest absolute Gasteiger partial charge is 0.497 e. The van der Waals surface area contributed by atoms with E-state index >= 15 is 0 Å². The van der Waals surface area contributed by atoms with Gasteiger partial charge in [-0.2, -0.15) is 13.2 Å². The average molecular weight is 452 g/mol. The van der Waals surface area contributed by atoms with E-state index in [9.17, 15) is 18.0 Å². The fourth-order valence-corrected chi connectivity index (χ4v) is 3.16. The summed E-state index contributed by atoms with van der Waals surface area (Å²) < 4.78 is 44.4. The number of anilines is 2. The van der Waals surface area contributed by atoms with Crippen LogP contribution in [0.15, 0.2) is 72.8 Å². The van der Waals surface area contributed by atoms with Crippen LogP contribution in [0.2, 0.25) is 0 Å². The Kier molecular flexibility index (Phi) is 6.12. The second-order valence-electron chi connectivity index (χ2n) is 7.14. The highest BCUT2D eigenvalue weighted by Gasteiger charge is 2.30. The van der Waals surface area contributed by atoms with Crippen LogP contribution in [-0.4, -0.2) is 23.0 Å². The topological polar surface area (TPSA) is 76.1 Å². The number of amides is 1. The first-order chi connectivity index (χ1) is 15.8. The van der Waals surface area contributed by atoms with E-state index in [1.54, 1.807) is 43.5 Å². The van der Waals surface area contributed by atoms with E-state index in [1.807, 2.05) is 12.1 Å². The number of alkyl halides is 3. The van der Waals surface area contributed by atoms with Crippen molar-refractivity contribution in [3.05, 3.63) is 89.6 Å². The first-order valence-corrected chi connectivity index (χ1v) is 9.96. The van der Waals surface area contributed by atoms with Gasteiger partial charge < -0.3 is 15.4 Å². The highest BCUT2D eigenvalue weighted by Crippen LogP contribution is 2.31. The fourth-order valence-electron chi connectivity index (χ4n) is 3.16. The minimum atomic E-state index is -4.49. The van der Waals surface area contributed by atoms with Crippen LogP contribution in [0, 0.1) is 0 Å². The molecule has 0 fully saturated rings. The Morgan fingerprint density at radius 3 is 2.30 bits per heavy atom. The number of benzene rings is 3. The molecular weight excluding hydrogens is 433 g/mol. The third-order valence-electron chi connectivity index (χ3n) is 4.85. The molecule has 0 saturated carbocycles. The average Bonchev–Trinajstić information content (AvgIpc) is 2.82. The van der Waals surface area contributed by atoms with Crippen molar-refractivity contribution in [1.82, 2.24) is 15.3 Å². The molecule has 0 aliphatic rings. The van der Waals surface area contributed by atoms with E-state index in [2.05, 4.69) is 20.6 Å². The summed E-state index contributed by atoms with van der Waals surface area (Å²) in [6.07, 6.45) is -4.49. The number of carbonyl (C=O) groups is 1. The summed E-state index contributed by atoms with van der Waals surface area (Å²) in [5.74, 6) is 0.233. The summed E-state index contributed by atoms with van der Waals surface area (Å²) in [6, 6.07) is 18.8. The summed E-state index contributed by atoms with van der Waals surface area (Å²) in [4.78, 5) is 21.8. The first kappa shape index (κ1) is 22.1. The van der Waals surface area contributed by atoms with Crippen LogP contribution in [-0.2, 0) is 12.7 Å². The van der Waals surface area contributed by atoms with E-state index in [0.717, 1.165) is 17.7 Å². The standard InChI is InChI=1S/C24H19F3N4O2/c1-33-18-11-9-15(10-12-18)14-28-23(32)21-22(31-20-8-3-2-7-19(20)30-21)29-17-6-4-5-16(13-17)24(25,26)27/h2-13H,14H2,1H3,(H,28,32)(H,29,31). The van der Waals surface area contributed by atoms with E-state index < -0.39 is 17.6 Å². The Morgan fingerprint density at radius 1 is 0.939 bits per heavy atom. The lowest BCUT2D eigenvalue weighted by atomic mass is 10.2. The number of hydrogen-bond donors (Lipinski definition) is 2. The van der Waals surface area contributed by atoms with E-state index in [-0.39, 0.29) is 23.7 Å². The number of methoxy groups -OCH3 is 1. The molecule has 4 rings (SSSR count). The zero-order valence-corrected chi connectivity index (χ0v) is 17.5. The molecule has 6 nitrogen and oxygen atoms in total. The summed E-state index contributed by atoms with van der Waals surface area (Å²) in [7, 11) is 1.56. The molecule has 0 spiro atoms. The van der Waals surface area contributed by atoms with Crippen molar-refractivity contribution in [3.63, 3.8) is 0 Å². The molecule has 4 aromatic rings. The van der Waals surface area contributed by atoms with Crippen LogP contribution in [0.1, 0.15) is 21.6 Å². The Morgan fingerprint density at radius 2 is 1.64 bits per heavy atom. The molecule has 0 atom stereocenters. The van der Waals surface area contributed by atoms with Gasteiger partial charge >= 0.3 is 6.18 Å². The third kappa shape index (κ3) is 5.20. The summed E-state index contributed by atoms with van der Waals surface area (Å²) in [5.41, 5.74) is 1.12. The van der Waals surface area contributed by atoms with Gasteiger partial charge in [-0.15, -0.1) is 0 Å². The second kappa shape index (κ2) is 9.15. The van der Waals surface area contributed by atoms with Gasteiger partial charge in [0.25, 0.3) is 5.91 Å². The normalized spacial score (nSPS) is 11.3. The molecular formula is C24H19F3N4O2. The summed E-state index contributed by atoms with van der Waals surface area (Å²) >= 11 is 0. The highest BCUT2D eigenvalue weighted by atomic mass is 19.4. The van der Waals surface area contributed by atoms with Crippen molar-refractivity contribution in [2.24, 2.45) is 0 Å². The predicted molar refractivity (Wildman–Crippen MR) is 118 cm³/mol. The lowest BCUT2D eigenvalue weighted by molar-refractivity contribution is -0.137. The quantitative estimate of drug-likeness (QED) is 0.414. The van der Waals surface area contributed by atoms with Gasteiger partial charge in [0.2, 0.25) is 0 Å². The molecule has 0 unspecified atom stereocenters. The Balaban J connectivity index is 1.63. The molecule has 2 N–H and O–H groups in total. The van der Waals surface area contributed by atoms with Crippen molar-refractivity contribution in [2.75, 3.05) is 12.4 Å². The molecule has 9 heteroatoms. The Hall–Kier alpha value is -4.14. The Bertz CT molecular complexity index is 1290. The Labute approximate surface area is 187 Å². The number of aromatic nitrogens is 2. The lowest BCUT2D eigenvalue weighted by Gasteiger charge is -2.14. The predicted octanol–water partition coefficient (Wildman–Crippen LogP) is 5.33. The van der Waals surface area contributed by atoms with E-state index in [4.69, 9.17) is 4.74 Å². The molecule has 168 valence electrons. The van der Waals surface area contributed by atoms with Crippen LogP contribution in [0.4, 0.5) is 24.7 Å². The molecule has 1 amide bonds. The molecule has 0 bridgehead atoms. The maximum atomic E-state index is 13.1. The van der Waals surface area contributed by atoms with Gasteiger partial charge in [-0.3, -0.25) is 4.79 Å². The van der Waals surface area contributed by atoms with Crippen molar-refractivity contribution >= 4 is 28.4 Å². The van der Waals surface area contributed by atoms with Crippen molar-refractivity contribution < 1.29 is 22.7 Å². The zero-order chi connectivity index (χ0) is 23.4. The number of fused-ring (bicyclic) bond motifs is 1. The van der Waals surface area contributed by atoms with Crippen LogP contribution < -0.4 is 15.4 Å². The number of nitrogens with one attached hydrogen (secondary N) is 2. The van der Waals surface area contributed by atoms with Crippen molar-refractivity contribution in [1.29, 1.82) is 0 Å². The van der Waals surface area contributed by atoms with Gasteiger partial charge in [-0.1, -0.05) is 30.3 Å². The van der Waals surface area contributed by atoms with E-state index in [1.165, 1.54) is 12.1 Å². The monoisotopic (exact) mass is 452 g/mol. The summed E-state index contributed by atoms with van der Waals surface area (Å²) in [5, 5.41) is 5.60. The number of ether oxygens (including phenoxy) is 1. The highest BCUT2D eigenvalue weighted by molar-refractivity contribution is 5.99. The van der Waals surface area contributed by atoms with Crippen LogP contribution >= 0.6 is 0 Å². The van der Waals surface area contributed by atoms with E-state index in [0.29, 0.717) is 16.8 Å². The fraction of sp³-hybridized carbons (Fsp3) is 0.125. The minimum Gasteiger partial charge on any atom is -0.497 e. The van der Waals surface area contributed by atoms with Gasteiger partial charge in [0, 0.05) is 12.2 Å². The zero-order valence-electron chi connectivity index (χ0n) is 17.5. The van der Waals surface area contributed by atoms with Crippen LogP contribution in [0.25, 0.3) is 11.0 Å². The molecule has 1 heterocycles. The maximum absolute atomic E-state index is 13.1. The lowest BCUT2D eigenvalue weighted by Crippen LogP contribution is -2.25. The van der Waals surface area contributed by atoms with Crippen molar-refractivity contribution in [2.45, 2.75) is 12.7 Å². The van der Waals surface area contributed by atoms with Crippen molar-refractivity contribution in [3.8, 4) is 5.75 Å². The SMILES string of the molecule is COc1ccc(CNC(=O)c2nc3ccccc3nc2Nc2cccc(C(F)(F)F)c2)cc1. The molecule has 0 aliphatic heterocycles. The van der Waals surface area contributed by atoms with Gasteiger partial charge in [-0.25, -0.2) is 9.97 Å². The number of carbonyl (C=O) groups excluding carboxylic acids is 1. The minimum absolute atomic E-state index is 0.0281. The first-order valence-electron chi connectivity index (χ1n) is 9.96. The third-order valence-corrected chi connectivity index (χ3v) is 4.85. The number of halogens is 3. The maximum Gasteiger partial charge on any atom is 0.416 e. The van der Waals surface area contributed by atoms with Crippen LogP contribution in [0.5, 0.6) is 5.75 Å². The molecule has 0 aliphatic carbocycles. The van der Waals surface area contributed by atoms with Crippen LogP contribution in [0.3, 0.4) is 0 Å². The van der Waals surface area contributed by atoms with Gasteiger partial charge in [-0.05, 0) is 48.0 Å². The summed E-state index contributed by atoms with van der Waals surface area (Å²) in [6.45, 7) is 0.223. The number of hydrogen-bond acceptors (Lipinski definition) is 5. The molecule has 0 saturated heterocycles. The second-order valence-corrected chi connectivity index (χ2v) is 7.14. The number of para-hydroxylation sites is 2.